The van der Waals surface area contributed by atoms with Gasteiger partial charge in [0.15, 0.2) is 5.13 Å². The highest BCUT2D eigenvalue weighted by Crippen LogP contribution is 2.21. The molecule has 7 nitrogen and oxygen atoms in total. The molecular weight excluding hydrogens is 336 g/mol. The van der Waals surface area contributed by atoms with Gasteiger partial charge in [0.25, 0.3) is 5.91 Å². The van der Waals surface area contributed by atoms with Gasteiger partial charge in [0.1, 0.15) is 11.0 Å². The molecule has 1 aliphatic rings. The molecule has 130 valence electrons. The van der Waals surface area contributed by atoms with Crippen LogP contribution in [0.5, 0.6) is 0 Å². The molecule has 1 unspecified atom stereocenters. The molecule has 2 aromatic heterocycles. The van der Waals surface area contributed by atoms with Crippen molar-refractivity contribution in [2.75, 3.05) is 18.4 Å². The highest BCUT2D eigenvalue weighted by atomic mass is 32.1. The van der Waals surface area contributed by atoms with E-state index in [2.05, 4.69) is 37.5 Å². The van der Waals surface area contributed by atoms with E-state index in [4.69, 9.17) is 0 Å². The number of hydrogen-bond acceptors (Lipinski definition) is 6. The zero-order valence-corrected chi connectivity index (χ0v) is 14.8. The molecule has 1 atom stereocenters. The monoisotopic (exact) mass is 356 g/mol. The maximum absolute atomic E-state index is 12.4. The van der Waals surface area contributed by atoms with Crippen molar-refractivity contribution in [3.05, 3.63) is 34.8 Å². The predicted octanol–water partition coefficient (Wildman–Crippen LogP) is 2.90. The normalized spacial score (nSPS) is 18.5. The first-order valence-corrected chi connectivity index (χ1v) is 9.34. The Kier molecular flexibility index (Phi) is 4.46. The number of aromatic amines is 1. The SMILES string of the molecule is CC1CCCN(Cc2csc(NC(=O)c3ccc4n[nH]nc4c3)n2)C1. The minimum absolute atomic E-state index is 0.183. The molecule has 0 saturated carbocycles. The maximum Gasteiger partial charge on any atom is 0.257 e. The third-order valence-corrected chi connectivity index (χ3v) is 5.28. The van der Waals surface area contributed by atoms with Crippen molar-refractivity contribution in [3.8, 4) is 0 Å². The van der Waals surface area contributed by atoms with E-state index < -0.39 is 0 Å². The van der Waals surface area contributed by atoms with Crippen LogP contribution < -0.4 is 5.32 Å². The van der Waals surface area contributed by atoms with Gasteiger partial charge in [0, 0.05) is 24.0 Å². The molecule has 1 aromatic carbocycles. The average molecular weight is 356 g/mol. The van der Waals surface area contributed by atoms with Gasteiger partial charge < -0.3 is 0 Å². The number of carbonyl (C=O) groups is 1. The number of rotatable bonds is 4. The summed E-state index contributed by atoms with van der Waals surface area (Å²) in [6.07, 6.45) is 2.56. The Labute approximate surface area is 149 Å². The number of fused-ring (bicyclic) bond motifs is 1. The minimum Gasteiger partial charge on any atom is -0.298 e. The van der Waals surface area contributed by atoms with Crippen LogP contribution in [-0.2, 0) is 6.54 Å². The van der Waals surface area contributed by atoms with E-state index in [-0.39, 0.29) is 5.91 Å². The van der Waals surface area contributed by atoms with Crippen molar-refractivity contribution in [1.29, 1.82) is 0 Å². The number of thiazole rings is 1. The number of carbonyl (C=O) groups excluding carboxylic acids is 1. The Hall–Kier alpha value is -2.32. The number of nitrogens with zero attached hydrogens (tertiary/aromatic N) is 4. The van der Waals surface area contributed by atoms with Gasteiger partial charge in [-0.3, -0.25) is 15.0 Å². The van der Waals surface area contributed by atoms with E-state index in [1.54, 1.807) is 18.2 Å². The summed E-state index contributed by atoms with van der Waals surface area (Å²) in [4.78, 5) is 19.4. The molecule has 4 rings (SSSR count). The molecule has 1 aliphatic heterocycles. The smallest absolute Gasteiger partial charge is 0.257 e. The molecule has 8 heteroatoms. The first-order valence-electron chi connectivity index (χ1n) is 8.46. The van der Waals surface area contributed by atoms with Crippen LogP contribution in [0, 0.1) is 5.92 Å². The van der Waals surface area contributed by atoms with Crippen molar-refractivity contribution in [3.63, 3.8) is 0 Å². The van der Waals surface area contributed by atoms with Gasteiger partial charge >= 0.3 is 0 Å². The van der Waals surface area contributed by atoms with Crippen molar-refractivity contribution >= 4 is 33.4 Å². The molecule has 1 amide bonds. The summed E-state index contributed by atoms with van der Waals surface area (Å²) in [5, 5.41) is 16.1. The van der Waals surface area contributed by atoms with Crippen molar-refractivity contribution in [2.45, 2.75) is 26.3 Å². The Morgan fingerprint density at radius 2 is 2.28 bits per heavy atom. The largest absolute Gasteiger partial charge is 0.298 e. The lowest BCUT2D eigenvalue weighted by molar-refractivity contribution is 0.102. The quantitative estimate of drug-likeness (QED) is 0.750. The van der Waals surface area contributed by atoms with E-state index >= 15 is 0 Å². The van der Waals surface area contributed by atoms with E-state index in [0.717, 1.165) is 36.8 Å². The van der Waals surface area contributed by atoms with Crippen molar-refractivity contribution in [2.24, 2.45) is 5.92 Å². The molecule has 1 fully saturated rings. The van der Waals surface area contributed by atoms with Gasteiger partial charge in [-0.25, -0.2) is 4.98 Å². The molecule has 3 aromatic rings. The van der Waals surface area contributed by atoms with E-state index in [1.807, 2.05) is 5.38 Å². The fourth-order valence-corrected chi connectivity index (χ4v) is 3.94. The Bertz CT molecular complexity index is 888. The minimum atomic E-state index is -0.183. The second-order valence-corrected chi connectivity index (χ2v) is 7.47. The molecule has 0 aliphatic carbocycles. The number of benzene rings is 1. The van der Waals surface area contributed by atoms with E-state index in [1.165, 1.54) is 24.2 Å². The van der Waals surface area contributed by atoms with Crippen LogP contribution in [0.15, 0.2) is 23.6 Å². The summed E-state index contributed by atoms with van der Waals surface area (Å²) in [5.41, 5.74) is 2.97. The second kappa shape index (κ2) is 6.89. The summed E-state index contributed by atoms with van der Waals surface area (Å²) in [7, 11) is 0. The third-order valence-electron chi connectivity index (χ3n) is 4.48. The molecule has 2 N–H and O–H groups in total. The van der Waals surface area contributed by atoms with Crippen LogP contribution in [0.25, 0.3) is 11.0 Å². The Morgan fingerprint density at radius 3 is 3.16 bits per heavy atom. The first kappa shape index (κ1) is 16.2. The summed E-state index contributed by atoms with van der Waals surface area (Å²) in [6.45, 7) is 5.39. The molecule has 25 heavy (non-hydrogen) atoms. The Balaban J connectivity index is 1.40. The number of likely N-dealkylation sites (tertiary alicyclic amines) is 1. The Morgan fingerprint density at radius 1 is 1.40 bits per heavy atom. The zero-order chi connectivity index (χ0) is 17.2. The molecule has 1 saturated heterocycles. The van der Waals surface area contributed by atoms with Crippen molar-refractivity contribution in [1.82, 2.24) is 25.3 Å². The molecule has 3 heterocycles. The summed E-state index contributed by atoms with van der Waals surface area (Å²) >= 11 is 1.46. The highest BCUT2D eigenvalue weighted by molar-refractivity contribution is 7.13. The molecule has 0 bridgehead atoms. The van der Waals surface area contributed by atoms with Crippen LogP contribution in [0.3, 0.4) is 0 Å². The maximum atomic E-state index is 12.4. The number of aromatic nitrogens is 4. The van der Waals surface area contributed by atoms with Crippen LogP contribution in [0.1, 0.15) is 35.8 Å². The van der Waals surface area contributed by atoms with E-state index in [9.17, 15) is 4.79 Å². The second-order valence-electron chi connectivity index (χ2n) is 6.61. The number of nitrogens with one attached hydrogen (secondary N) is 2. The predicted molar refractivity (Wildman–Crippen MR) is 97.6 cm³/mol. The number of amides is 1. The number of piperidine rings is 1. The molecule has 0 radical (unpaired) electrons. The van der Waals surface area contributed by atoms with E-state index in [0.29, 0.717) is 16.2 Å². The summed E-state index contributed by atoms with van der Waals surface area (Å²) in [6, 6.07) is 5.24. The lowest BCUT2D eigenvalue weighted by Gasteiger charge is -2.30. The lowest BCUT2D eigenvalue weighted by atomic mass is 10.0. The zero-order valence-electron chi connectivity index (χ0n) is 14.0. The number of hydrogen-bond donors (Lipinski definition) is 2. The number of H-pyrrole nitrogens is 1. The van der Waals surface area contributed by atoms with Gasteiger partial charge in [0.05, 0.1) is 5.69 Å². The van der Waals surface area contributed by atoms with Gasteiger partial charge in [0.2, 0.25) is 0 Å². The van der Waals surface area contributed by atoms with Gasteiger partial charge in [-0.15, -0.1) is 11.3 Å². The van der Waals surface area contributed by atoms with Crippen LogP contribution in [-0.4, -0.2) is 44.3 Å². The fraction of sp³-hybridized carbons (Fsp3) is 0.412. The molecular formula is C17H20N6OS. The van der Waals surface area contributed by atoms with Gasteiger partial charge in [-0.1, -0.05) is 6.92 Å². The van der Waals surface area contributed by atoms with Crippen molar-refractivity contribution < 1.29 is 4.79 Å². The number of anilines is 1. The third kappa shape index (κ3) is 3.69. The summed E-state index contributed by atoms with van der Waals surface area (Å²) in [5.74, 6) is 0.565. The van der Waals surface area contributed by atoms with Gasteiger partial charge in [-0.05, 0) is 43.5 Å². The lowest BCUT2D eigenvalue weighted by Crippen LogP contribution is -2.33. The standard InChI is InChI=1S/C17H20N6OS/c1-11-3-2-6-23(8-11)9-13-10-25-17(18-13)19-16(24)12-4-5-14-15(7-12)21-22-20-14/h4-5,7,10-11H,2-3,6,8-9H2,1H3,(H,18,19,24)(H,20,21,22). The first-order chi connectivity index (χ1) is 12.2. The topological polar surface area (TPSA) is 86.8 Å². The highest BCUT2D eigenvalue weighted by Gasteiger charge is 2.18. The average Bonchev–Trinajstić information content (AvgIpc) is 3.23. The fourth-order valence-electron chi connectivity index (χ4n) is 3.25. The van der Waals surface area contributed by atoms with Crippen LogP contribution in [0.2, 0.25) is 0 Å². The van der Waals surface area contributed by atoms with Crippen LogP contribution in [0.4, 0.5) is 5.13 Å². The molecule has 0 spiro atoms. The van der Waals surface area contributed by atoms with Crippen LogP contribution >= 0.6 is 11.3 Å². The van der Waals surface area contributed by atoms with Gasteiger partial charge in [-0.2, -0.15) is 15.4 Å². The summed E-state index contributed by atoms with van der Waals surface area (Å²) < 4.78 is 0.